The standard InChI is InChI=1S/C23H24N2O5/c1-14-11-18(23(26)24-19-7-6-17(27-3)13-21(19)28-4)15(2)25(14)16-5-8-20-22(12-16)30-10-9-29-20/h5-8,11-13H,9-10H2,1-4H3,(H,24,26). The van der Waals surface area contributed by atoms with Gasteiger partial charge < -0.3 is 28.8 Å². The summed E-state index contributed by atoms with van der Waals surface area (Å²) in [6, 6.07) is 12.9. The Labute approximate surface area is 175 Å². The molecule has 1 aliphatic heterocycles. The van der Waals surface area contributed by atoms with Gasteiger partial charge in [-0.2, -0.15) is 0 Å². The molecular weight excluding hydrogens is 384 g/mol. The molecule has 0 aliphatic carbocycles. The van der Waals surface area contributed by atoms with Gasteiger partial charge in [0.1, 0.15) is 24.7 Å². The molecule has 2 heterocycles. The van der Waals surface area contributed by atoms with Crippen molar-refractivity contribution >= 4 is 11.6 Å². The highest BCUT2D eigenvalue weighted by molar-refractivity contribution is 6.06. The summed E-state index contributed by atoms with van der Waals surface area (Å²) in [6.45, 7) is 4.96. The molecule has 0 spiro atoms. The van der Waals surface area contributed by atoms with Crippen molar-refractivity contribution in [1.29, 1.82) is 0 Å². The van der Waals surface area contributed by atoms with Gasteiger partial charge in [-0.25, -0.2) is 0 Å². The SMILES string of the molecule is COc1ccc(NC(=O)c2cc(C)n(-c3ccc4c(c3)OCCO4)c2C)c(OC)c1. The molecule has 1 aromatic heterocycles. The maximum Gasteiger partial charge on any atom is 0.257 e. The van der Waals surface area contributed by atoms with Crippen LogP contribution in [0, 0.1) is 13.8 Å². The van der Waals surface area contributed by atoms with E-state index in [1.165, 1.54) is 0 Å². The number of aryl methyl sites for hydroxylation is 1. The number of rotatable bonds is 5. The van der Waals surface area contributed by atoms with Crippen LogP contribution < -0.4 is 24.3 Å². The van der Waals surface area contributed by atoms with Gasteiger partial charge in [0.2, 0.25) is 0 Å². The van der Waals surface area contributed by atoms with E-state index in [0.29, 0.717) is 41.7 Å². The fraction of sp³-hybridized carbons (Fsp3) is 0.261. The molecule has 0 saturated heterocycles. The first-order valence-electron chi connectivity index (χ1n) is 9.64. The van der Waals surface area contributed by atoms with E-state index in [2.05, 4.69) is 5.32 Å². The van der Waals surface area contributed by atoms with Crippen LogP contribution >= 0.6 is 0 Å². The van der Waals surface area contributed by atoms with Gasteiger partial charge in [0, 0.05) is 29.2 Å². The Balaban J connectivity index is 1.65. The van der Waals surface area contributed by atoms with Gasteiger partial charge in [-0.15, -0.1) is 0 Å². The van der Waals surface area contributed by atoms with Crippen molar-refractivity contribution in [2.45, 2.75) is 13.8 Å². The number of hydrogen-bond acceptors (Lipinski definition) is 5. The van der Waals surface area contributed by atoms with Crippen LogP contribution in [0.4, 0.5) is 5.69 Å². The quantitative estimate of drug-likeness (QED) is 0.687. The number of hydrogen-bond donors (Lipinski definition) is 1. The number of methoxy groups -OCH3 is 2. The molecule has 0 saturated carbocycles. The lowest BCUT2D eigenvalue weighted by molar-refractivity contribution is 0.102. The summed E-state index contributed by atoms with van der Waals surface area (Å²) in [6.07, 6.45) is 0. The number of carbonyl (C=O) groups is 1. The van der Waals surface area contributed by atoms with Gasteiger partial charge in [0.25, 0.3) is 5.91 Å². The zero-order chi connectivity index (χ0) is 21.3. The van der Waals surface area contributed by atoms with Crippen LogP contribution in [0.3, 0.4) is 0 Å². The smallest absolute Gasteiger partial charge is 0.257 e. The number of nitrogens with zero attached hydrogens (tertiary/aromatic N) is 1. The van der Waals surface area contributed by atoms with E-state index < -0.39 is 0 Å². The summed E-state index contributed by atoms with van der Waals surface area (Å²) < 4.78 is 23.9. The molecule has 0 bridgehead atoms. The van der Waals surface area contributed by atoms with Crippen molar-refractivity contribution in [1.82, 2.24) is 4.57 Å². The van der Waals surface area contributed by atoms with Crippen molar-refractivity contribution in [2.75, 3.05) is 32.8 Å². The Bertz CT molecular complexity index is 1100. The fourth-order valence-corrected chi connectivity index (χ4v) is 3.65. The average molecular weight is 408 g/mol. The van der Waals surface area contributed by atoms with Crippen LogP contribution in [-0.4, -0.2) is 37.9 Å². The minimum absolute atomic E-state index is 0.213. The second kappa shape index (κ2) is 8.02. The summed E-state index contributed by atoms with van der Waals surface area (Å²) >= 11 is 0. The zero-order valence-electron chi connectivity index (χ0n) is 17.4. The summed E-state index contributed by atoms with van der Waals surface area (Å²) in [5.74, 6) is 2.41. The summed E-state index contributed by atoms with van der Waals surface area (Å²) in [7, 11) is 3.14. The van der Waals surface area contributed by atoms with Crippen molar-refractivity contribution in [3.8, 4) is 28.7 Å². The van der Waals surface area contributed by atoms with Crippen LogP contribution in [0.1, 0.15) is 21.7 Å². The number of aromatic nitrogens is 1. The Morgan fingerprint density at radius 1 is 0.967 bits per heavy atom. The Kier molecular flexibility index (Phi) is 5.27. The zero-order valence-corrected chi connectivity index (χ0v) is 17.4. The highest BCUT2D eigenvalue weighted by atomic mass is 16.6. The monoisotopic (exact) mass is 408 g/mol. The minimum Gasteiger partial charge on any atom is -0.497 e. The highest BCUT2D eigenvalue weighted by Crippen LogP contribution is 2.34. The number of anilines is 1. The first-order valence-corrected chi connectivity index (χ1v) is 9.64. The molecule has 7 nitrogen and oxygen atoms in total. The van der Waals surface area contributed by atoms with E-state index in [-0.39, 0.29) is 5.91 Å². The lowest BCUT2D eigenvalue weighted by Crippen LogP contribution is -2.16. The normalized spacial score (nSPS) is 12.4. The van der Waals surface area contributed by atoms with Gasteiger partial charge in [-0.1, -0.05) is 0 Å². The highest BCUT2D eigenvalue weighted by Gasteiger charge is 2.20. The second-order valence-corrected chi connectivity index (χ2v) is 6.97. The number of ether oxygens (including phenoxy) is 4. The summed E-state index contributed by atoms with van der Waals surface area (Å²) in [4.78, 5) is 13.0. The molecule has 1 amide bonds. The van der Waals surface area contributed by atoms with Crippen molar-refractivity contribution in [3.63, 3.8) is 0 Å². The van der Waals surface area contributed by atoms with Crippen molar-refractivity contribution in [2.24, 2.45) is 0 Å². The maximum atomic E-state index is 13.0. The number of nitrogens with one attached hydrogen (secondary N) is 1. The number of fused-ring (bicyclic) bond motifs is 1. The fourth-order valence-electron chi connectivity index (χ4n) is 3.65. The Morgan fingerprint density at radius 2 is 1.73 bits per heavy atom. The molecule has 0 fully saturated rings. The van der Waals surface area contributed by atoms with Crippen LogP contribution in [0.15, 0.2) is 42.5 Å². The van der Waals surface area contributed by atoms with Crippen LogP contribution in [0.25, 0.3) is 5.69 Å². The van der Waals surface area contributed by atoms with Gasteiger partial charge in [-0.05, 0) is 44.2 Å². The number of amides is 1. The van der Waals surface area contributed by atoms with Crippen LogP contribution in [-0.2, 0) is 0 Å². The lowest BCUT2D eigenvalue weighted by Gasteiger charge is -2.20. The summed E-state index contributed by atoms with van der Waals surface area (Å²) in [5, 5.41) is 2.93. The van der Waals surface area contributed by atoms with Crippen molar-refractivity contribution in [3.05, 3.63) is 59.4 Å². The van der Waals surface area contributed by atoms with E-state index in [0.717, 1.165) is 22.8 Å². The van der Waals surface area contributed by atoms with E-state index in [4.69, 9.17) is 18.9 Å². The molecule has 4 rings (SSSR count). The van der Waals surface area contributed by atoms with E-state index in [1.54, 1.807) is 32.4 Å². The van der Waals surface area contributed by atoms with E-state index in [9.17, 15) is 4.79 Å². The molecule has 7 heteroatoms. The molecular formula is C23H24N2O5. The predicted octanol–water partition coefficient (Wildman–Crippen LogP) is 4.13. The third-order valence-electron chi connectivity index (χ3n) is 5.12. The summed E-state index contributed by atoms with van der Waals surface area (Å²) in [5.41, 5.74) is 3.84. The van der Waals surface area contributed by atoms with Gasteiger partial charge in [0.15, 0.2) is 11.5 Å². The molecule has 0 unspecified atom stereocenters. The first-order chi connectivity index (χ1) is 14.5. The molecule has 1 aliphatic rings. The molecule has 30 heavy (non-hydrogen) atoms. The predicted molar refractivity (Wildman–Crippen MR) is 114 cm³/mol. The lowest BCUT2D eigenvalue weighted by atomic mass is 10.2. The largest absolute Gasteiger partial charge is 0.497 e. The molecule has 0 radical (unpaired) electrons. The van der Waals surface area contributed by atoms with Gasteiger partial charge in [-0.3, -0.25) is 4.79 Å². The van der Waals surface area contributed by atoms with E-state index >= 15 is 0 Å². The van der Waals surface area contributed by atoms with Crippen LogP contribution in [0.2, 0.25) is 0 Å². The van der Waals surface area contributed by atoms with Crippen LogP contribution in [0.5, 0.6) is 23.0 Å². The van der Waals surface area contributed by atoms with Gasteiger partial charge in [0.05, 0.1) is 25.5 Å². The minimum atomic E-state index is -0.213. The molecule has 2 aromatic carbocycles. The Morgan fingerprint density at radius 3 is 2.47 bits per heavy atom. The number of benzene rings is 2. The topological polar surface area (TPSA) is 71.0 Å². The number of carbonyl (C=O) groups excluding carboxylic acids is 1. The third kappa shape index (κ3) is 3.54. The third-order valence-corrected chi connectivity index (χ3v) is 5.12. The Hall–Kier alpha value is -3.61. The second-order valence-electron chi connectivity index (χ2n) is 6.97. The molecule has 1 N–H and O–H groups in total. The molecule has 0 atom stereocenters. The molecule has 156 valence electrons. The average Bonchev–Trinajstić information content (AvgIpc) is 3.07. The first kappa shape index (κ1) is 19.7. The maximum absolute atomic E-state index is 13.0. The molecule has 3 aromatic rings. The van der Waals surface area contributed by atoms with Gasteiger partial charge >= 0.3 is 0 Å². The van der Waals surface area contributed by atoms with E-state index in [1.807, 2.05) is 42.7 Å². The van der Waals surface area contributed by atoms with Crippen molar-refractivity contribution < 1.29 is 23.7 Å².